The minimum absolute atomic E-state index is 0.0951. The summed E-state index contributed by atoms with van der Waals surface area (Å²) < 4.78 is 4.06. The van der Waals surface area contributed by atoms with Crippen LogP contribution in [0.5, 0.6) is 0 Å². The van der Waals surface area contributed by atoms with Crippen LogP contribution in [-0.4, -0.2) is 21.2 Å². The number of allylic oxidation sites excluding steroid dienone is 5. The van der Waals surface area contributed by atoms with E-state index < -0.39 is 16.9 Å². The Labute approximate surface area is 233 Å². The number of aromatic nitrogens is 2. The van der Waals surface area contributed by atoms with Crippen LogP contribution in [0, 0.1) is 0 Å². The second kappa shape index (κ2) is 10.3. The van der Waals surface area contributed by atoms with Gasteiger partial charge in [-0.1, -0.05) is 71.8 Å². The fourth-order valence-electron chi connectivity index (χ4n) is 4.64. The number of hydrogen-bond acceptors (Lipinski definition) is 2. The number of fused-ring (bicyclic) bond motifs is 2. The zero-order valence-corrected chi connectivity index (χ0v) is 23.5. The fraction of sp³-hybridized carbons (Fsp3) is 0.188. The van der Waals surface area contributed by atoms with Crippen LogP contribution < -0.4 is 0 Å². The van der Waals surface area contributed by atoms with Crippen LogP contribution in [0.25, 0.3) is 33.0 Å². The van der Waals surface area contributed by atoms with Gasteiger partial charge in [-0.15, -0.1) is 13.2 Å². The van der Waals surface area contributed by atoms with E-state index in [1.807, 2.05) is 110 Å². The molecule has 0 radical (unpaired) electrons. The number of carbonyl (C=O) groups excluding carboxylic acids is 2. The molecular weight excluding hydrogens is 515 g/mol. The van der Waals surface area contributed by atoms with Crippen molar-refractivity contribution in [2.45, 2.75) is 38.8 Å². The van der Waals surface area contributed by atoms with Gasteiger partial charge in [0.25, 0.3) is 0 Å². The topological polar surface area (TPSA) is 44.0 Å². The molecule has 4 aromatic rings. The summed E-state index contributed by atoms with van der Waals surface area (Å²) in [4.78, 5) is 26.3. The van der Waals surface area contributed by atoms with E-state index in [2.05, 4.69) is 13.2 Å². The summed E-state index contributed by atoms with van der Waals surface area (Å²) in [6.45, 7) is 16.0. The molecule has 0 aliphatic heterocycles. The lowest BCUT2D eigenvalue weighted by atomic mass is 9.98. The predicted molar refractivity (Wildman–Crippen MR) is 161 cm³/mol. The van der Waals surface area contributed by atoms with E-state index >= 15 is 0 Å². The van der Waals surface area contributed by atoms with Crippen LogP contribution in [0.1, 0.15) is 38.8 Å². The average molecular weight is 546 g/mol. The van der Waals surface area contributed by atoms with Crippen LogP contribution in [0.4, 0.5) is 0 Å². The molecule has 2 aromatic heterocycles. The van der Waals surface area contributed by atoms with Gasteiger partial charge in [0.05, 0.1) is 16.1 Å². The third kappa shape index (κ3) is 4.48. The summed E-state index contributed by atoms with van der Waals surface area (Å²) in [5, 5.41) is 1.44. The molecule has 0 atom stereocenters. The summed E-state index contributed by atoms with van der Waals surface area (Å²) >= 11 is 13.0. The largest absolute Gasteiger partial charge is 0.338 e. The minimum atomic E-state index is -0.539. The highest BCUT2D eigenvalue weighted by atomic mass is 35.5. The first-order valence-corrected chi connectivity index (χ1v) is 13.0. The van der Waals surface area contributed by atoms with E-state index in [0.29, 0.717) is 17.4 Å². The van der Waals surface area contributed by atoms with Crippen molar-refractivity contribution < 1.29 is 9.59 Å². The van der Waals surface area contributed by atoms with Crippen molar-refractivity contribution in [3.8, 4) is 0 Å². The van der Waals surface area contributed by atoms with Gasteiger partial charge in [0, 0.05) is 62.0 Å². The molecule has 0 N–H and O–H groups in total. The maximum atomic E-state index is 13.9. The third-order valence-corrected chi connectivity index (χ3v) is 7.75. The van der Waals surface area contributed by atoms with Crippen molar-refractivity contribution in [1.29, 1.82) is 0 Å². The number of rotatable bonds is 9. The van der Waals surface area contributed by atoms with Crippen molar-refractivity contribution in [3.63, 3.8) is 0 Å². The number of Topliss-reactive ketones (excluding diaryl/α,β-unsaturated/α-hetero) is 1. The fourth-order valence-corrected chi connectivity index (χ4v) is 5.11. The lowest BCUT2D eigenvalue weighted by molar-refractivity contribution is -0.110. The summed E-state index contributed by atoms with van der Waals surface area (Å²) in [5.74, 6) is -0.539. The van der Waals surface area contributed by atoms with Gasteiger partial charge in [-0.25, -0.2) is 0 Å². The first-order valence-electron chi connectivity index (χ1n) is 12.2. The Morgan fingerprint density at radius 3 is 1.71 bits per heavy atom. The maximum Gasteiger partial charge on any atom is 0.206 e. The maximum absolute atomic E-state index is 13.9. The zero-order chi connectivity index (χ0) is 27.8. The summed E-state index contributed by atoms with van der Waals surface area (Å²) in [7, 11) is 0. The molecule has 2 aromatic carbocycles. The molecule has 0 fully saturated rings. The monoisotopic (exact) mass is 544 g/mol. The highest BCUT2D eigenvalue weighted by molar-refractivity contribution is 6.57. The van der Waals surface area contributed by atoms with Crippen LogP contribution in [0.3, 0.4) is 0 Å². The van der Waals surface area contributed by atoms with Gasteiger partial charge in [0.1, 0.15) is 0 Å². The summed E-state index contributed by atoms with van der Waals surface area (Å²) in [5.41, 5.74) is 3.65. The first-order chi connectivity index (χ1) is 18.0. The summed E-state index contributed by atoms with van der Waals surface area (Å²) in [6, 6.07) is 15.4. The molecule has 0 spiro atoms. The van der Waals surface area contributed by atoms with Gasteiger partial charge in [-0.05, 0) is 39.8 Å². The second-order valence-electron chi connectivity index (χ2n) is 10.3. The number of nitrogens with zero attached hydrogens (tertiary/aromatic N) is 2. The molecule has 2 heterocycles. The second-order valence-corrected chi connectivity index (χ2v) is 10.9. The van der Waals surface area contributed by atoms with Crippen LogP contribution in [0.2, 0.25) is 0 Å². The smallest absolute Gasteiger partial charge is 0.206 e. The molecule has 194 valence electrons. The molecule has 0 unspecified atom stereocenters. The van der Waals surface area contributed by atoms with Crippen LogP contribution in [-0.2, 0) is 20.7 Å². The normalized spacial score (nSPS) is 13.5. The Hall–Kier alpha value is -3.60. The van der Waals surface area contributed by atoms with Crippen molar-refractivity contribution in [1.82, 2.24) is 9.13 Å². The number of para-hydroxylation sites is 2. The first kappa shape index (κ1) is 27.4. The van der Waals surface area contributed by atoms with E-state index in [1.54, 1.807) is 0 Å². The number of hydrogen-bond donors (Lipinski definition) is 0. The quantitative estimate of drug-likeness (QED) is 0.120. The van der Waals surface area contributed by atoms with Crippen LogP contribution in [0.15, 0.2) is 96.8 Å². The van der Waals surface area contributed by atoms with Gasteiger partial charge >= 0.3 is 0 Å². The van der Waals surface area contributed by atoms with Crippen molar-refractivity contribution in [2.24, 2.45) is 0 Å². The third-order valence-electron chi connectivity index (χ3n) is 7.15. The van der Waals surface area contributed by atoms with E-state index in [0.717, 1.165) is 21.8 Å². The zero-order valence-electron chi connectivity index (χ0n) is 22.0. The molecule has 4 nitrogen and oxygen atoms in total. The molecule has 0 saturated heterocycles. The molecule has 38 heavy (non-hydrogen) atoms. The Kier molecular flexibility index (Phi) is 7.42. The summed E-state index contributed by atoms with van der Waals surface area (Å²) in [6.07, 6.45) is 8.02. The van der Waals surface area contributed by atoms with Gasteiger partial charge in [0.2, 0.25) is 5.78 Å². The molecule has 4 rings (SSSR count). The van der Waals surface area contributed by atoms with Crippen molar-refractivity contribution >= 4 is 68.2 Å². The Balaban J connectivity index is 1.92. The highest BCUT2D eigenvalue weighted by Crippen LogP contribution is 2.37. The molecule has 0 amide bonds. The standard InChI is InChI=1S/C32H30Cl2N2O2/c1-7-31(3,4)35-18-24(21-13-9-11-15-27(21)35)23(17-33)30(38)29(34)26(20-37)25-19-36(32(5,6)8-2)28-16-12-10-14-22(25)28/h7-20H,1-2H2,3-6H3/b23-17+,29-26-. The number of carbonyl (C=O) groups is 2. The Morgan fingerprint density at radius 2 is 1.26 bits per heavy atom. The van der Waals surface area contributed by atoms with Crippen molar-refractivity contribution in [3.05, 3.63) is 108 Å². The molecule has 0 aliphatic rings. The Bertz CT molecular complexity index is 1660. The number of benzene rings is 2. The molecule has 0 aliphatic carbocycles. The lowest BCUT2D eigenvalue weighted by Gasteiger charge is -2.23. The van der Waals surface area contributed by atoms with E-state index in [1.165, 1.54) is 5.54 Å². The molecule has 6 heteroatoms. The van der Waals surface area contributed by atoms with E-state index in [4.69, 9.17) is 23.2 Å². The van der Waals surface area contributed by atoms with Crippen molar-refractivity contribution in [2.75, 3.05) is 0 Å². The number of ketones is 1. The van der Waals surface area contributed by atoms with Gasteiger partial charge < -0.3 is 9.13 Å². The SMILES string of the molecule is C=CC(C)(C)n1cc(/C(=C\Cl)C(=O)/C(Cl)=C(\C=O)c2cn(C(C)(C)C=C)c3ccccc23)c2ccccc21. The van der Waals surface area contributed by atoms with Crippen LogP contribution >= 0.6 is 23.2 Å². The predicted octanol–water partition coefficient (Wildman–Crippen LogP) is 8.44. The van der Waals surface area contributed by atoms with E-state index in [9.17, 15) is 9.59 Å². The number of halogens is 2. The average Bonchev–Trinajstić information content (AvgIpc) is 3.50. The molecular formula is C32H30Cl2N2O2. The van der Waals surface area contributed by atoms with Gasteiger partial charge in [-0.3, -0.25) is 9.59 Å². The molecule has 0 saturated carbocycles. The highest BCUT2D eigenvalue weighted by Gasteiger charge is 2.28. The van der Waals surface area contributed by atoms with E-state index in [-0.39, 0.29) is 16.2 Å². The van der Waals surface area contributed by atoms with Gasteiger partial charge in [0.15, 0.2) is 6.29 Å². The van der Waals surface area contributed by atoms with Gasteiger partial charge in [-0.2, -0.15) is 0 Å². The minimum Gasteiger partial charge on any atom is -0.338 e. The lowest BCUT2D eigenvalue weighted by Crippen LogP contribution is -2.22. The Morgan fingerprint density at radius 1 is 0.816 bits per heavy atom. The number of aldehydes is 1. The molecule has 0 bridgehead atoms.